The maximum absolute atomic E-state index is 12.9. The van der Waals surface area contributed by atoms with Gasteiger partial charge < -0.3 is 18.9 Å². The molecule has 0 atom stereocenters. The average Bonchev–Trinajstić information content (AvgIpc) is 3.13. The molecular weight excluding hydrogens is 616 g/mol. The number of carbonyl (C=O) groups is 1. The monoisotopic (exact) mass is 691 g/mol. The van der Waals surface area contributed by atoms with Crippen LogP contribution in [0.1, 0.15) is 161 Å². The molecule has 7 nitrogen and oxygen atoms in total. The Bertz CT molecular complexity index is 806. The Balaban J connectivity index is 0.896. The predicted molar refractivity (Wildman–Crippen MR) is 196 cm³/mol. The van der Waals surface area contributed by atoms with Crippen LogP contribution in [-0.4, -0.2) is 63.9 Å². The second-order valence-electron chi connectivity index (χ2n) is 16.1. The van der Waals surface area contributed by atoms with Crippen LogP contribution in [0.3, 0.4) is 0 Å². The summed E-state index contributed by atoms with van der Waals surface area (Å²) in [6, 6.07) is 0. The third-order valence-electron chi connectivity index (χ3n) is 12.2. The van der Waals surface area contributed by atoms with Crippen molar-refractivity contribution in [3.63, 3.8) is 0 Å². The van der Waals surface area contributed by atoms with E-state index in [1.165, 1.54) is 83.5 Å². The quantitative estimate of drug-likeness (QED) is 0.0328. The summed E-state index contributed by atoms with van der Waals surface area (Å²) in [5.41, 5.74) is 0. The molecule has 0 saturated heterocycles. The molecule has 0 radical (unpaired) electrons. The number of carbonyl (C=O) groups excluding carboxylic acids is 1. The molecule has 4 aliphatic rings. The van der Waals surface area contributed by atoms with E-state index in [1.54, 1.807) is 0 Å². The highest BCUT2D eigenvalue weighted by Crippen LogP contribution is 2.40. The zero-order chi connectivity index (χ0) is 34.4. The van der Waals surface area contributed by atoms with Gasteiger partial charge in [0.2, 0.25) is 0 Å². The first-order valence-corrected chi connectivity index (χ1v) is 21.0. The summed E-state index contributed by atoms with van der Waals surface area (Å²) < 4.78 is 24.0. The van der Waals surface area contributed by atoms with Crippen LogP contribution in [0, 0.1) is 42.9 Å². The lowest BCUT2D eigenvalue weighted by Gasteiger charge is -2.37. The molecule has 4 saturated carbocycles. The van der Waals surface area contributed by atoms with Crippen molar-refractivity contribution in [2.75, 3.05) is 39.6 Å². The molecule has 0 spiro atoms. The van der Waals surface area contributed by atoms with Gasteiger partial charge in [-0.3, -0.25) is 4.79 Å². The van der Waals surface area contributed by atoms with Gasteiger partial charge in [-0.25, -0.2) is 9.78 Å². The van der Waals surface area contributed by atoms with Crippen molar-refractivity contribution in [1.29, 1.82) is 0 Å². The van der Waals surface area contributed by atoms with E-state index < -0.39 is 0 Å². The Labute approximate surface area is 300 Å². The third kappa shape index (κ3) is 17.0. The molecule has 0 N–H and O–H groups in total. The van der Waals surface area contributed by atoms with Crippen LogP contribution in [0.2, 0.25) is 0 Å². The molecule has 4 fully saturated rings. The van der Waals surface area contributed by atoms with Crippen molar-refractivity contribution < 1.29 is 33.5 Å². The second kappa shape index (κ2) is 25.2. The molecule has 284 valence electrons. The van der Waals surface area contributed by atoms with Crippen LogP contribution in [0.25, 0.3) is 0 Å². The van der Waals surface area contributed by atoms with Gasteiger partial charge in [-0.05, 0) is 133 Å². The maximum atomic E-state index is 12.9. The summed E-state index contributed by atoms with van der Waals surface area (Å²) in [5, 5.41) is 0. The van der Waals surface area contributed by atoms with Crippen LogP contribution in [-0.2, 0) is 33.5 Å². The number of ether oxygens (including phenoxy) is 4. The average molecular weight is 691 g/mol. The summed E-state index contributed by atoms with van der Waals surface area (Å²) in [5.74, 6) is 3.42. The van der Waals surface area contributed by atoms with Crippen LogP contribution < -0.4 is 0 Å². The summed E-state index contributed by atoms with van der Waals surface area (Å²) in [6.07, 6.45) is 30.9. The highest BCUT2D eigenvalue weighted by molar-refractivity contribution is 5.72. The summed E-state index contributed by atoms with van der Waals surface area (Å²) in [4.78, 5) is 23.6. The van der Waals surface area contributed by atoms with Gasteiger partial charge in [0.05, 0.1) is 31.3 Å². The minimum atomic E-state index is 0.00688. The van der Waals surface area contributed by atoms with Crippen molar-refractivity contribution >= 4 is 5.97 Å². The lowest BCUT2D eigenvalue weighted by Crippen LogP contribution is -2.32. The largest absolute Gasteiger partial charge is 0.462 e. The van der Waals surface area contributed by atoms with Crippen LogP contribution >= 0.6 is 0 Å². The first kappa shape index (κ1) is 40.9. The molecule has 0 aliphatic heterocycles. The standard InChI is InChI=1S/C42H74O7/c1-3-4-5-6-9-28-44-31-32-47-48-33-35-14-18-38(19-15-35)42(43)49-41-26-24-40(25-27-41)46-30-11-8-7-10-29-45-39-22-20-37(21-23-39)36-16-12-34(2)13-17-36/h3,34-41H,1,4-33H2,2H3. The number of rotatable bonds is 24. The zero-order valence-electron chi connectivity index (χ0n) is 31.5. The summed E-state index contributed by atoms with van der Waals surface area (Å²) >= 11 is 0. The van der Waals surface area contributed by atoms with Crippen molar-refractivity contribution in [1.82, 2.24) is 0 Å². The minimum Gasteiger partial charge on any atom is -0.462 e. The topological polar surface area (TPSA) is 72.5 Å². The second-order valence-corrected chi connectivity index (χ2v) is 16.1. The van der Waals surface area contributed by atoms with E-state index in [4.69, 9.17) is 28.7 Å². The van der Waals surface area contributed by atoms with E-state index >= 15 is 0 Å². The Morgan fingerprint density at radius 3 is 1.76 bits per heavy atom. The van der Waals surface area contributed by atoms with E-state index in [-0.39, 0.29) is 18.0 Å². The van der Waals surface area contributed by atoms with Crippen LogP contribution in [0.15, 0.2) is 0 Å². The van der Waals surface area contributed by atoms with E-state index in [0.717, 1.165) is 108 Å². The van der Waals surface area contributed by atoms with Crippen molar-refractivity contribution in [2.24, 2.45) is 29.6 Å². The SMILES string of the molecule is [CH2+][CH-]CCCCCOCCOOCC1CCC(C(=O)OC2CCC(OCCCCCCOC3CCC(C4CCC(C)CC4)CC3)CC2)CC1. The van der Waals surface area contributed by atoms with Gasteiger partial charge in [-0.1, -0.05) is 52.4 Å². The molecule has 7 heteroatoms. The highest BCUT2D eigenvalue weighted by atomic mass is 17.2. The molecule has 0 aromatic carbocycles. The minimum absolute atomic E-state index is 0.00688. The normalized spacial score (nSPS) is 31.0. The predicted octanol–water partition coefficient (Wildman–Crippen LogP) is 10.2. The Morgan fingerprint density at radius 1 is 0.571 bits per heavy atom. The fourth-order valence-electron chi connectivity index (χ4n) is 8.75. The van der Waals surface area contributed by atoms with Gasteiger partial charge in [-0.2, -0.15) is 0 Å². The first-order chi connectivity index (χ1) is 24.1. The van der Waals surface area contributed by atoms with Gasteiger partial charge in [-0.15, -0.1) is 12.8 Å². The number of hydrogen-bond acceptors (Lipinski definition) is 7. The Kier molecular flexibility index (Phi) is 21.0. The lowest BCUT2D eigenvalue weighted by molar-refractivity contribution is -0.306. The van der Waals surface area contributed by atoms with E-state index in [0.29, 0.717) is 37.9 Å². The molecule has 0 unspecified atom stereocenters. The van der Waals surface area contributed by atoms with Gasteiger partial charge in [0.1, 0.15) is 12.7 Å². The highest BCUT2D eigenvalue weighted by Gasteiger charge is 2.32. The first-order valence-electron chi connectivity index (χ1n) is 21.0. The smallest absolute Gasteiger partial charge is 0.309 e. The fourth-order valence-corrected chi connectivity index (χ4v) is 8.75. The molecule has 0 amide bonds. The molecule has 0 aromatic rings. The number of hydrogen-bond donors (Lipinski definition) is 0. The molecule has 0 aromatic heterocycles. The van der Waals surface area contributed by atoms with Gasteiger partial charge in [0.25, 0.3) is 0 Å². The molecular formula is C42H74O7. The van der Waals surface area contributed by atoms with E-state index in [9.17, 15) is 4.79 Å². The van der Waals surface area contributed by atoms with E-state index in [2.05, 4.69) is 13.8 Å². The Hall–Kier alpha value is -0.860. The van der Waals surface area contributed by atoms with Gasteiger partial charge in [0.15, 0.2) is 0 Å². The van der Waals surface area contributed by atoms with Crippen molar-refractivity contribution in [3.8, 4) is 0 Å². The molecule has 4 rings (SSSR count). The summed E-state index contributed by atoms with van der Waals surface area (Å²) in [7, 11) is 0. The maximum Gasteiger partial charge on any atom is 0.309 e. The third-order valence-corrected chi connectivity index (χ3v) is 12.2. The van der Waals surface area contributed by atoms with E-state index in [1.807, 2.05) is 6.42 Å². The number of unbranched alkanes of at least 4 members (excludes halogenated alkanes) is 7. The molecule has 0 heterocycles. The van der Waals surface area contributed by atoms with Gasteiger partial charge >= 0.3 is 5.97 Å². The fraction of sp³-hybridized carbons (Fsp3) is 0.929. The van der Waals surface area contributed by atoms with Gasteiger partial charge in [0, 0.05) is 19.8 Å². The zero-order valence-corrected chi connectivity index (χ0v) is 31.5. The van der Waals surface area contributed by atoms with Crippen molar-refractivity contribution in [3.05, 3.63) is 13.3 Å². The van der Waals surface area contributed by atoms with Crippen molar-refractivity contribution in [2.45, 2.75) is 179 Å². The lowest BCUT2D eigenvalue weighted by atomic mass is 9.71. The Morgan fingerprint density at radius 2 is 1.12 bits per heavy atom. The number of esters is 1. The van der Waals surface area contributed by atoms with Crippen LogP contribution in [0.5, 0.6) is 0 Å². The summed E-state index contributed by atoms with van der Waals surface area (Å²) in [6.45, 7) is 10.3. The molecule has 4 aliphatic carbocycles. The molecule has 0 bridgehead atoms. The van der Waals surface area contributed by atoms with Crippen LogP contribution in [0.4, 0.5) is 0 Å². The molecule has 49 heavy (non-hydrogen) atoms.